The van der Waals surface area contributed by atoms with Gasteiger partial charge in [-0.05, 0) is 35.2 Å². The molecular weight excluding hydrogens is 405 g/mol. The van der Waals surface area contributed by atoms with Gasteiger partial charge in [0.25, 0.3) is 0 Å². The Morgan fingerprint density at radius 3 is 2.70 bits per heavy atom. The van der Waals surface area contributed by atoms with E-state index in [-0.39, 0.29) is 29.1 Å². The Hall–Kier alpha value is -3.19. The van der Waals surface area contributed by atoms with Gasteiger partial charge in [-0.3, -0.25) is 14.8 Å². The van der Waals surface area contributed by atoms with E-state index in [1.165, 1.54) is 6.07 Å². The van der Waals surface area contributed by atoms with Crippen LogP contribution in [0.2, 0.25) is 5.02 Å². The van der Waals surface area contributed by atoms with Gasteiger partial charge in [-0.1, -0.05) is 24.6 Å². The number of carbonyl (C=O) groups excluding carboxylic acids is 1. The van der Waals surface area contributed by atoms with Crippen LogP contribution in [0.15, 0.2) is 47.8 Å². The van der Waals surface area contributed by atoms with Crippen molar-refractivity contribution >= 4 is 29.0 Å². The van der Waals surface area contributed by atoms with Crippen molar-refractivity contribution in [3.63, 3.8) is 0 Å². The van der Waals surface area contributed by atoms with Gasteiger partial charge in [-0.25, -0.2) is 14.4 Å². The molecule has 0 radical (unpaired) electrons. The molecule has 2 N–H and O–H groups in total. The highest BCUT2D eigenvalue weighted by Crippen LogP contribution is 2.26. The van der Waals surface area contributed by atoms with Crippen molar-refractivity contribution in [2.24, 2.45) is 4.99 Å². The van der Waals surface area contributed by atoms with Gasteiger partial charge in [0.2, 0.25) is 5.95 Å². The lowest BCUT2D eigenvalue weighted by Gasteiger charge is -2.12. The molecule has 8 heteroatoms. The number of nitrogen functional groups attached to an aromatic ring is 1. The molecule has 152 valence electrons. The number of anilines is 1. The molecule has 4 rings (SSSR count). The second kappa shape index (κ2) is 8.28. The van der Waals surface area contributed by atoms with E-state index in [1.54, 1.807) is 30.7 Å². The van der Waals surface area contributed by atoms with Crippen molar-refractivity contribution in [2.45, 2.75) is 32.2 Å². The van der Waals surface area contributed by atoms with Crippen LogP contribution in [0, 0.1) is 5.82 Å². The number of hydrogen-bond acceptors (Lipinski definition) is 6. The van der Waals surface area contributed by atoms with Crippen molar-refractivity contribution in [3.05, 3.63) is 81.6 Å². The van der Waals surface area contributed by atoms with Crippen LogP contribution in [0.4, 0.5) is 10.3 Å². The number of rotatable bonds is 6. The Morgan fingerprint density at radius 2 is 1.97 bits per heavy atom. The number of benzene rings is 1. The van der Waals surface area contributed by atoms with Gasteiger partial charge in [-0.15, -0.1) is 0 Å². The van der Waals surface area contributed by atoms with E-state index < -0.39 is 5.82 Å². The first-order chi connectivity index (χ1) is 14.4. The summed E-state index contributed by atoms with van der Waals surface area (Å²) >= 11 is 5.85. The van der Waals surface area contributed by atoms with Gasteiger partial charge in [0.15, 0.2) is 0 Å². The van der Waals surface area contributed by atoms with E-state index in [1.807, 2.05) is 13.0 Å². The molecule has 0 unspecified atom stereocenters. The summed E-state index contributed by atoms with van der Waals surface area (Å²) in [6.45, 7) is 2.44. The molecule has 3 aromatic rings. The lowest BCUT2D eigenvalue weighted by Crippen LogP contribution is -2.10. The molecule has 0 bridgehead atoms. The SMILES string of the molecule is C[C@@H](CC(=O)Cc1cc2c(cn1)C(c1cnc(N)nc1)=NC2)c1ccc(F)c(Cl)c1. The number of fused-ring (bicyclic) bond motifs is 1. The summed E-state index contributed by atoms with van der Waals surface area (Å²) in [5.41, 5.74) is 10.6. The predicted molar refractivity (Wildman–Crippen MR) is 113 cm³/mol. The van der Waals surface area contributed by atoms with Crippen molar-refractivity contribution in [2.75, 3.05) is 5.73 Å². The number of carbonyl (C=O) groups is 1. The molecule has 0 fully saturated rings. The van der Waals surface area contributed by atoms with Gasteiger partial charge < -0.3 is 5.73 Å². The summed E-state index contributed by atoms with van der Waals surface area (Å²) in [7, 11) is 0. The average molecular weight is 424 g/mol. The molecular formula is C22H19ClFN5O. The highest BCUT2D eigenvalue weighted by atomic mass is 35.5. The molecule has 0 aliphatic carbocycles. The Kier molecular flexibility index (Phi) is 5.55. The standard InChI is InChI=1S/C22H19ClFN5O/c1-12(13-2-3-20(24)19(23)6-13)4-17(30)7-16-5-14-8-27-21(18(14)11-26-16)15-9-28-22(25)29-10-15/h2-3,5-6,9-12H,4,7-8H2,1H3,(H2,25,28,29)/t12-/m0/s1. The zero-order valence-electron chi connectivity index (χ0n) is 16.3. The van der Waals surface area contributed by atoms with Gasteiger partial charge >= 0.3 is 0 Å². The van der Waals surface area contributed by atoms with Gasteiger partial charge in [-0.2, -0.15) is 0 Å². The number of halogens is 2. The summed E-state index contributed by atoms with van der Waals surface area (Å²) in [5, 5.41) is 0.0643. The zero-order valence-corrected chi connectivity index (χ0v) is 17.0. The Morgan fingerprint density at radius 1 is 1.20 bits per heavy atom. The molecule has 0 saturated heterocycles. The zero-order chi connectivity index (χ0) is 21.3. The van der Waals surface area contributed by atoms with E-state index in [4.69, 9.17) is 17.3 Å². The van der Waals surface area contributed by atoms with Crippen LogP contribution in [0.1, 0.15) is 47.2 Å². The predicted octanol–water partition coefficient (Wildman–Crippen LogP) is 3.90. The van der Waals surface area contributed by atoms with Crippen LogP contribution in [-0.2, 0) is 17.8 Å². The number of hydrogen-bond donors (Lipinski definition) is 1. The number of aliphatic imine (C=N–C) groups is 1. The van der Waals surface area contributed by atoms with Gasteiger partial charge in [0.1, 0.15) is 11.6 Å². The molecule has 1 aliphatic heterocycles. The third-order valence-electron chi connectivity index (χ3n) is 5.08. The summed E-state index contributed by atoms with van der Waals surface area (Å²) in [5.74, 6) is -0.262. The molecule has 3 heterocycles. The highest BCUT2D eigenvalue weighted by molar-refractivity contribution is 6.30. The number of aromatic nitrogens is 3. The normalized spacial score (nSPS) is 13.6. The minimum atomic E-state index is -0.464. The molecule has 2 aromatic heterocycles. The van der Waals surface area contributed by atoms with E-state index in [0.29, 0.717) is 18.7 Å². The first-order valence-electron chi connectivity index (χ1n) is 9.48. The summed E-state index contributed by atoms with van der Waals surface area (Å²) in [6.07, 6.45) is 5.56. The molecule has 1 aliphatic rings. The molecule has 1 aromatic carbocycles. The maximum absolute atomic E-state index is 13.3. The van der Waals surface area contributed by atoms with E-state index in [2.05, 4.69) is 19.9 Å². The number of pyridine rings is 1. The Balaban J connectivity index is 1.43. The maximum atomic E-state index is 13.3. The van der Waals surface area contributed by atoms with Crippen LogP contribution >= 0.6 is 11.6 Å². The Labute approximate surface area is 178 Å². The first-order valence-corrected chi connectivity index (χ1v) is 9.85. The lowest BCUT2D eigenvalue weighted by atomic mass is 9.94. The molecule has 0 spiro atoms. The van der Waals surface area contributed by atoms with E-state index >= 15 is 0 Å². The fourth-order valence-corrected chi connectivity index (χ4v) is 3.69. The molecule has 6 nitrogen and oxygen atoms in total. The fraction of sp³-hybridized carbons (Fsp3) is 0.227. The number of Topliss-reactive ketones (excluding diaryl/α,β-unsaturated/α-hetero) is 1. The average Bonchev–Trinajstić information content (AvgIpc) is 3.13. The van der Waals surface area contributed by atoms with Gasteiger partial charge in [0, 0.05) is 48.3 Å². The van der Waals surface area contributed by atoms with Crippen LogP contribution in [0.25, 0.3) is 0 Å². The third kappa shape index (κ3) is 4.21. The van der Waals surface area contributed by atoms with E-state index in [0.717, 1.165) is 28.0 Å². The van der Waals surface area contributed by atoms with Crippen LogP contribution in [0.3, 0.4) is 0 Å². The Bertz CT molecular complexity index is 1150. The van der Waals surface area contributed by atoms with Crippen molar-refractivity contribution in [1.29, 1.82) is 0 Å². The fourth-order valence-electron chi connectivity index (χ4n) is 3.50. The highest BCUT2D eigenvalue weighted by Gasteiger charge is 2.20. The van der Waals surface area contributed by atoms with Gasteiger partial charge in [0.05, 0.1) is 17.3 Å². The van der Waals surface area contributed by atoms with Crippen LogP contribution < -0.4 is 5.73 Å². The largest absolute Gasteiger partial charge is 0.368 e. The van der Waals surface area contributed by atoms with Crippen molar-refractivity contribution in [1.82, 2.24) is 15.0 Å². The van der Waals surface area contributed by atoms with E-state index in [9.17, 15) is 9.18 Å². The quantitative estimate of drug-likeness (QED) is 0.648. The molecule has 30 heavy (non-hydrogen) atoms. The van der Waals surface area contributed by atoms with Crippen LogP contribution in [0.5, 0.6) is 0 Å². The van der Waals surface area contributed by atoms with Crippen molar-refractivity contribution < 1.29 is 9.18 Å². The van der Waals surface area contributed by atoms with Crippen molar-refractivity contribution in [3.8, 4) is 0 Å². The number of ketones is 1. The lowest BCUT2D eigenvalue weighted by molar-refractivity contribution is -0.118. The second-order valence-corrected chi connectivity index (χ2v) is 7.73. The summed E-state index contributed by atoms with van der Waals surface area (Å²) in [6, 6.07) is 6.47. The minimum Gasteiger partial charge on any atom is -0.368 e. The smallest absolute Gasteiger partial charge is 0.219 e. The summed E-state index contributed by atoms with van der Waals surface area (Å²) in [4.78, 5) is 29.6. The third-order valence-corrected chi connectivity index (χ3v) is 5.37. The minimum absolute atomic E-state index is 0.0569. The maximum Gasteiger partial charge on any atom is 0.219 e. The number of nitrogens with two attached hydrogens (primary N) is 1. The molecule has 0 saturated carbocycles. The first kappa shape index (κ1) is 20.1. The summed E-state index contributed by atoms with van der Waals surface area (Å²) < 4.78 is 13.3. The molecule has 0 amide bonds. The second-order valence-electron chi connectivity index (χ2n) is 7.32. The number of nitrogens with zero attached hydrogens (tertiary/aromatic N) is 4. The van der Waals surface area contributed by atoms with Crippen LogP contribution in [-0.4, -0.2) is 26.4 Å². The monoisotopic (exact) mass is 423 g/mol. The topological polar surface area (TPSA) is 94.1 Å². The molecule has 1 atom stereocenters.